The zero-order valence-electron chi connectivity index (χ0n) is 9.45. The molecule has 2 heterocycles. The van der Waals surface area contributed by atoms with Gasteiger partial charge in [0.25, 0.3) is 0 Å². The van der Waals surface area contributed by atoms with Crippen LogP contribution in [0.5, 0.6) is 0 Å². The highest BCUT2D eigenvalue weighted by Gasteiger charge is 2.23. The predicted molar refractivity (Wildman–Crippen MR) is 64.5 cm³/mol. The summed E-state index contributed by atoms with van der Waals surface area (Å²) in [6, 6.07) is 0. The Morgan fingerprint density at radius 3 is 2.81 bits per heavy atom. The van der Waals surface area contributed by atoms with Crippen LogP contribution in [-0.2, 0) is 18.2 Å². The summed E-state index contributed by atoms with van der Waals surface area (Å²) in [4.78, 5) is 4.45. The third-order valence-corrected chi connectivity index (χ3v) is 3.71. The number of imidazole rings is 1. The molecule has 0 atom stereocenters. The van der Waals surface area contributed by atoms with Gasteiger partial charge in [0.15, 0.2) is 0 Å². The Bertz CT molecular complexity index is 359. The molecule has 0 radical (unpaired) electrons. The van der Waals surface area contributed by atoms with Gasteiger partial charge in [0.05, 0.1) is 12.3 Å². The van der Waals surface area contributed by atoms with Crippen LogP contribution in [0.4, 0.5) is 0 Å². The van der Waals surface area contributed by atoms with E-state index >= 15 is 0 Å². The Morgan fingerprint density at radius 1 is 1.50 bits per heavy atom. The summed E-state index contributed by atoms with van der Waals surface area (Å²) in [6.45, 7) is 1.81. The Balaban J connectivity index is 2.24. The molecule has 1 fully saturated rings. The second-order valence-corrected chi connectivity index (χ2v) is 4.87. The molecule has 1 aromatic heterocycles. The van der Waals surface area contributed by atoms with E-state index in [0.29, 0.717) is 12.3 Å². The molecule has 1 N–H and O–H groups in total. The van der Waals surface area contributed by atoms with E-state index < -0.39 is 0 Å². The topological polar surface area (TPSA) is 47.3 Å². The first kappa shape index (κ1) is 12.1. The Kier molecular flexibility index (Phi) is 4.00. The van der Waals surface area contributed by atoms with Crippen molar-refractivity contribution >= 4 is 15.9 Å². The lowest BCUT2D eigenvalue weighted by atomic mass is 9.97. The second-order valence-electron chi connectivity index (χ2n) is 4.12. The van der Waals surface area contributed by atoms with Crippen LogP contribution in [0.2, 0.25) is 0 Å². The van der Waals surface area contributed by atoms with Crippen molar-refractivity contribution in [2.24, 2.45) is 7.05 Å². The van der Waals surface area contributed by atoms with Crippen molar-refractivity contribution in [1.82, 2.24) is 9.55 Å². The van der Waals surface area contributed by atoms with Crippen molar-refractivity contribution in [3.8, 4) is 0 Å². The molecule has 0 saturated carbocycles. The summed E-state index contributed by atoms with van der Waals surface area (Å²) in [6.07, 6.45) is 2.71. The standard InChI is InChI=1S/C11H17BrN2O2/c1-14-9(2-5-15)13-11(12)10(14)8-3-6-16-7-4-8/h8,15H,2-7H2,1H3. The predicted octanol–water partition coefficient (Wildman–Crippen LogP) is 1.61. The van der Waals surface area contributed by atoms with Crippen LogP contribution in [0.25, 0.3) is 0 Å². The van der Waals surface area contributed by atoms with Gasteiger partial charge in [-0.05, 0) is 28.8 Å². The Labute approximate surface area is 104 Å². The smallest absolute Gasteiger partial charge is 0.127 e. The zero-order chi connectivity index (χ0) is 11.5. The van der Waals surface area contributed by atoms with Gasteiger partial charge in [-0.25, -0.2) is 4.98 Å². The van der Waals surface area contributed by atoms with Crippen molar-refractivity contribution in [2.45, 2.75) is 25.2 Å². The first-order chi connectivity index (χ1) is 7.74. The van der Waals surface area contributed by atoms with E-state index in [9.17, 15) is 0 Å². The third kappa shape index (κ3) is 2.31. The molecule has 1 aromatic rings. The molecular formula is C11H17BrN2O2. The van der Waals surface area contributed by atoms with E-state index in [2.05, 4.69) is 25.5 Å². The van der Waals surface area contributed by atoms with E-state index in [-0.39, 0.29) is 6.61 Å². The van der Waals surface area contributed by atoms with Gasteiger partial charge < -0.3 is 14.4 Å². The molecule has 5 heteroatoms. The molecule has 1 saturated heterocycles. The zero-order valence-corrected chi connectivity index (χ0v) is 11.0. The number of ether oxygens (including phenoxy) is 1. The maximum absolute atomic E-state index is 8.97. The number of rotatable bonds is 3. The molecule has 4 nitrogen and oxygen atoms in total. The van der Waals surface area contributed by atoms with Gasteiger partial charge in [-0.15, -0.1) is 0 Å². The quantitative estimate of drug-likeness (QED) is 0.919. The highest BCUT2D eigenvalue weighted by atomic mass is 79.9. The minimum atomic E-state index is 0.143. The molecular weight excluding hydrogens is 272 g/mol. The van der Waals surface area contributed by atoms with Crippen LogP contribution in [-0.4, -0.2) is 34.5 Å². The first-order valence-corrected chi connectivity index (χ1v) is 6.43. The van der Waals surface area contributed by atoms with Crippen molar-refractivity contribution in [3.63, 3.8) is 0 Å². The largest absolute Gasteiger partial charge is 0.396 e. The van der Waals surface area contributed by atoms with Crippen LogP contribution in [0.1, 0.15) is 30.3 Å². The van der Waals surface area contributed by atoms with Crippen molar-refractivity contribution in [3.05, 3.63) is 16.1 Å². The summed E-state index contributed by atoms with van der Waals surface area (Å²) >= 11 is 3.52. The van der Waals surface area contributed by atoms with Crippen LogP contribution in [0.15, 0.2) is 4.60 Å². The van der Waals surface area contributed by atoms with Gasteiger partial charge in [0.2, 0.25) is 0 Å². The van der Waals surface area contributed by atoms with E-state index in [1.807, 2.05) is 7.05 Å². The maximum atomic E-state index is 8.97. The van der Waals surface area contributed by atoms with Gasteiger partial charge in [-0.2, -0.15) is 0 Å². The highest BCUT2D eigenvalue weighted by molar-refractivity contribution is 9.10. The van der Waals surface area contributed by atoms with Gasteiger partial charge >= 0.3 is 0 Å². The molecule has 0 aromatic carbocycles. The van der Waals surface area contributed by atoms with Crippen LogP contribution >= 0.6 is 15.9 Å². The normalized spacial score (nSPS) is 17.9. The van der Waals surface area contributed by atoms with Gasteiger partial charge in [0.1, 0.15) is 10.4 Å². The number of nitrogens with zero attached hydrogens (tertiary/aromatic N) is 2. The number of aliphatic hydroxyl groups is 1. The monoisotopic (exact) mass is 288 g/mol. The van der Waals surface area contributed by atoms with Crippen molar-refractivity contribution in [1.29, 1.82) is 0 Å². The first-order valence-electron chi connectivity index (χ1n) is 5.63. The van der Waals surface area contributed by atoms with Crippen molar-refractivity contribution < 1.29 is 9.84 Å². The molecule has 0 spiro atoms. The van der Waals surface area contributed by atoms with Crippen molar-refractivity contribution in [2.75, 3.05) is 19.8 Å². The number of aromatic nitrogens is 2. The summed E-state index contributed by atoms with van der Waals surface area (Å²) in [5.41, 5.74) is 1.24. The molecule has 0 unspecified atom stereocenters. The second kappa shape index (κ2) is 5.29. The van der Waals surface area contributed by atoms with Gasteiger partial charge in [-0.1, -0.05) is 0 Å². The Hall–Kier alpha value is -0.390. The lowest BCUT2D eigenvalue weighted by Gasteiger charge is -2.23. The summed E-state index contributed by atoms with van der Waals surface area (Å²) in [5.74, 6) is 1.46. The molecule has 16 heavy (non-hydrogen) atoms. The molecule has 90 valence electrons. The Morgan fingerprint density at radius 2 is 2.19 bits per heavy atom. The lowest BCUT2D eigenvalue weighted by Crippen LogP contribution is -2.17. The molecule has 0 amide bonds. The molecule has 1 aliphatic heterocycles. The number of halogens is 1. The van der Waals surface area contributed by atoms with E-state index in [0.717, 1.165) is 36.5 Å². The number of hydrogen-bond acceptors (Lipinski definition) is 3. The SMILES string of the molecule is Cn1c(CCO)nc(Br)c1C1CCOCC1. The average Bonchev–Trinajstić information content (AvgIpc) is 2.56. The molecule has 1 aliphatic rings. The maximum Gasteiger partial charge on any atom is 0.127 e. The van der Waals surface area contributed by atoms with Crippen LogP contribution in [0.3, 0.4) is 0 Å². The average molecular weight is 289 g/mol. The summed E-state index contributed by atoms with van der Waals surface area (Å²) in [7, 11) is 2.02. The van der Waals surface area contributed by atoms with E-state index in [4.69, 9.17) is 9.84 Å². The van der Waals surface area contributed by atoms with Crippen LogP contribution in [0, 0.1) is 0 Å². The lowest BCUT2D eigenvalue weighted by molar-refractivity contribution is 0.0837. The molecule has 2 rings (SSSR count). The van der Waals surface area contributed by atoms with Gasteiger partial charge in [-0.3, -0.25) is 0 Å². The minimum absolute atomic E-state index is 0.143. The summed E-state index contributed by atoms with van der Waals surface area (Å²) < 4.78 is 8.40. The minimum Gasteiger partial charge on any atom is -0.396 e. The van der Waals surface area contributed by atoms with E-state index in [1.165, 1.54) is 5.69 Å². The summed E-state index contributed by atoms with van der Waals surface area (Å²) in [5, 5.41) is 8.97. The fourth-order valence-corrected chi connectivity index (χ4v) is 3.05. The van der Waals surface area contributed by atoms with E-state index in [1.54, 1.807) is 0 Å². The fourth-order valence-electron chi connectivity index (χ4n) is 2.26. The fraction of sp³-hybridized carbons (Fsp3) is 0.727. The number of hydrogen-bond donors (Lipinski definition) is 1. The third-order valence-electron chi connectivity index (χ3n) is 3.13. The molecule has 0 aliphatic carbocycles. The van der Waals surface area contributed by atoms with Gasteiger partial charge in [0, 0.05) is 32.6 Å². The van der Waals surface area contributed by atoms with Crippen LogP contribution < -0.4 is 0 Å². The highest BCUT2D eigenvalue weighted by Crippen LogP contribution is 2.32. The molecule has 0 bridgehead atoms. The number of aliphatic hydroxyl groups excluding tert-OH is 1.